The van der Waals surface area contributed by atoms with Crippen LogP contribution in [-0.2, 0) is 32.1 Å². The summed E-state index contributed by atoms with van der Waals surface area (Å²) in [6, 6.07) is 7.76. The van der Waals surface area contributed by atoms with E-state index in [-0.39, 0.29) is 92.0 Å². The molecule has 1 aromatic heterocycles. The van der Waals surface area contributed by atoms with Crippen molar-refractivity contribution in [3.63, 3.8) is 0 Å². The number of benzene rings is 2. The molecule has 0 saturated heterocycles. The summed E-state index contributed by atoms with van der Waals surface area (Å²) in [5.74, 6) is -1.14. The molecule has 3 heterocycles. The molecule has 3 atom stereocenters. The molecule has 2 aromatic carbocycles. The van der Waals surface area contributed by atoms with Crippen LogP contribution in [-0.4, -0.2) is 81.6 Å². The largest absolute Gasteiger partial charge is 0.492 e. The molecule has 3 aromatic rings. The van der Waals surface area contributed by atoms with Gasteiger partial charge in [-0.15, -0.1) is 0 Å². The quantitative estimate of drug-likeness (QED) is 0.0914. The summed E-state index contributed by atoms with van der Waals surface area (Å²) in [4.78, 5) is 43.2. The molecule has 0 bridgehead atoms. The van der Waals surface area contributed by atoms with Crippen molar-refractivity contribution in [2.24, 2.45) is 0 Å². The van der Waals surface area contributed by atoms with E-state index < -0.39 is 30.2 Å². The third-order valence-electron chi connectivity index (χ3n) is 10.1. The summed E-state index contributed by atoms with van der Waals surface area (Å²) >= 11 is 0. The van der Waals surface area contributed by atoms with Crippen LogP contribution >= 0.6 is 0 Å². The Hall–Kier alpha value is -4.49. The fourth-order valence-electron chi connectivity index (χ4n) is 7.44. The Morgan fingerprint density at radius 1 is 1.08 bits per heavy atom. The fraction of sp³-hybridized carbons (Fsp3) is 0.462. The van der Waals surface area contributed by atoms with E-state index in [9.17, 15) is 34.8 Å². The first-order valence-corrected chi connectivity index (χ1v) is 17.6. The molecule has 1 fully saturated rings. The molecule has 6 rings (SSSR count). The van der Waals surface area contributed by atoms with E-state index in [0.717, 1.165) is 22.0 Å². The first-order chi connectivity index (χ1) is 24.7. The second-order valence-electron chi connectivity index (χ2n) is 13.5. The number of aromatic amines is 1. The number of fused-ring (bicyclic) bond motifs is 3. The van der Waals surface area contributed by atoms with E-state index in [1.807, 2.05) is 30.5 Å². The fourth-order valence-corrected chi connectivity index (χ4v) is 7.44. The van der Waals surface area contributed by atoms with Gasteiger partial charge in [0, 0.05) is 61.2 Å². The minimum Gasteiger partial charge on any atom is -0.492 e. The van der Waals surface area contributed by atoms with Gasteiger partial charge in [0.15, 0.2) is 6.29 Å². The Morgan fingerprint density at radius 3 is 2.61 bits per heavy atom. The number of Topliss-reactive ketones (excluding diaryl/α,β-unsaturated/α-hetero) is 1. The average molecular weight is 704 g/mol. The molecular weight excluding hydrogens is 658 g/mol. The zero-order chi connectivity index (χ0) is 36.3. The summed E-state index contributed by atoms with van der Waals surface area (Å²) in [7, 11) is 0. The van der Waals surface area contributed by atoms with Crippen molar-refractivity contribution in [1.82, 2.24) is 4.98 Å². The summed E-state index contributed by atoms with van der Waals surface area (Å²) in [5.41, 5.74) is 2.53. The maximum absolute atomic E-state index is 13.5. The molecule has 1 aliphatic carbocycles. The van der Waals surface area contributed by atoms with Crippen LogP contribution in [0.15, 0.2) is 47.4 Å². The molecule has 12 nitrogen and oxygen atoms in total. The topological polar surface area (TPSA) is 185 Å². The summed E-state index contributed by atoms with van der Waals surface area (Å²) < 4.78 is 24.4. The van der Waals surface area contributed by atoms with Gasteiger partial charge < -0.3 is 44.4 Å². The van der Waals surface area contributed by atoms with Crippen LogP contribution in [0.1, 0.15) is 87.0 Å². The average Bonchev–Trinajstić information content (AvgIpc) is 3.79. The number of allylic oxidation sites excluding steroid dienone is 3. The number of aliphatic hydroxyl groups is 4. The smallest absolute Gasteiger partial charge is 0.375 e. The summed E-state index contributed by atoms with van der Waals surface area (Å²) in [5, 5.41) is 42.3. The highest BCUT2D eigenvalue weighted by atomic mass is 16.6. The Kier molecular flexibility index (Phi) is 11.0. The minimum absolute atomic E-state index is 0.0110. The number of carbonyl (C=O) groups is 3. The first kappa shape index (κ1) is 36.3. The van der Waals surface area contributed by atoms with Gasteiger partial charge in [-0.3, -0.25) is 9.59 Å². The molecule has 51 heavy (non-hydrogen) atoms. The summed E-state index contributed by atoms with van der Waals surface area (Å²) in [6.45, 7) is 2.65. The van der Waals surface area contributed by atoms with Gasteiger partial charge in [-0.05, 0) is 75.1 Å². The van der Waals surface area contributed by atoms with Gasteiger partial charge >= 0.3 is 5.97 Å². The Bertz CT molecular complexity index is 1880. The number of nitrogens with one attached hydrogen (secondary N) is 1. The van der Waals surface area contributed by atoms with Crippen molar-refractivity contribution in [2.75, 3.05) is 26.4 Å². The lowest BCUT2D eigenvalue weighted by Gasteiger charge is -2.32. The molecule has 12 heteroatoms. The number of rotatable bonds is 14. The van der Waals surface area contributed by atoms with Gasteiger partial charge in [0.1, 0.15) is 29.1 Å². The monoisotopic (exact) mass is 703 g/mol. The molecule has 5 N–H and O–H groups in total. The van der Waals surface area contributed by atoms with E-state index in [0.29, 0.717) is 48.7 Å². The SMILES string of the molecule is CCOC(=O)C1=C(C=O)C(=C2CCC(=O)C(c3ccc4[nH]ccc4c3)C2)c2c(OCCCO)c3c(c(CO)c2O1)OC(C(C)(O)CCCCO)C3. The number of aliphatic hydroxyl groups excluding tert-OH is 3. The molecule has 3 aliphatic rings. The van der Waals surface area contributed by atoms with Gasteiger partial charge in [0.05, 0.1) is 42.1 Å². The van der Waals surface area contributed by atoms with E-state index in [2.05, 4.69) is 4.98 Å². The predicted octanol–water partition coefficient (Wildman–Crippen LogP) is 4.34. The number of aldehydes is 1. The molecule has 0 radical (unpaired) electrons. The third-order valence-corrected chi connectivity index (χ3v) is 10.1. The van der Waals surface area contributed by atoms with Crippen LogP contribution < -0.4 is 14.2 Å². The van der Waals surface area contributed by atoms with Crippen LogP contribution in [0.25, 0.3) is 16.5 Å². The van der Waals surface area contributed by atoms with Crippen molar-refractivity contribution in [3.05, 3.63) is 69.6 Å². The number of unbranched alkanes of at least 4 members (excludes halogenated alkanes) is 1. The zero-order valence-electron chi connectivity index (χ0n) is 29.0. The lowest BCUT2D eigenvalue weighted by atomic mass is 9.75. The van der Waals surface area contributed by atoms with E-state index in [1.165, 1.54) is 0 Å². The number of hydrogen-bond acceptors (Lipinski definition) is 11. The summed E-state index contributed by atoms with van der Waals surface area (Å²) in [6.07, 6.45) is 4.20. The van der Waals surface area contributed by atoms with Crippen LogP contribution in [0.5, 0.6) is 17.2 Å². The molecular formula is C39H45NO11. The standard InChI is InChI=1S/C39H45NO11/c1-3-48-38(46)37-27(20-43)32(24-8-10-30(45)25(18-24)22-7-9-29-23(17-22)11-13-40-29)33-35(49-16-6-15-42)26-19-31(39(2,47)12-4-5-14-41)50-34(26)28(21-44)36(33)51-37/h7,9,11,13,17,20,25,31,40-42,44,47H,3-6,8,10,12,14-16,18-19,21H2,1-2H3. The van der Waals surface area contributed by atoms with E-state index in [4.69, 9.17) is 18.9 Å². The molecule has 1 saturated carbocycles. The Balaban J connectivity index is 1.57. The second-order valence-corrected chi connectivity index (χ2v) is 13.5. The number of ketones is 1. The van der Waals surface area contributed by atoms with Gasteiger partial charge in [0.2, 0.25) is 5.76 Å². The number of ether oxygens (including phenoxy) is 4. The van der Waals surface area contributed by atoms with Crippen LogP contribution in [0.3, 0.4) is 0 Å². The van der Waals surface area contributed by atoms with Crippen LogP contribution in [0, 0.1) is 0 Å². The molecule has 0 spiro atoms. The third kappa shape index (κ3) is 6.93. The number of aromatic nitrogens is 1. The molecule has 0 amide bonds. The molecule has 2 aliphatic heterocycles. The molecule has 3 unspecified atom stereocenters. The van der Waals surface area contributed by atoms with E-state index >= 15 is 0 Å². The zero-order valence-corrected chi connectivity index (χ0v) is 29.0. The Labute approximate surface area is 295 Å². The highest BCUT2D eigenvalue weighted by Crippen LogP contribution is 2.56. The van der Waals surface area contributed by atoms with Crippen molar-refractivity contribution < 1.29 is 53.8 Å². The highest BCUT2D eigenvalue weighted by molar-refractivity contribution is 6.11. The van der Waals surface area contributed by atoms with Gasteiger partial charge in [-0.1, -0.05) is 11.6 Å². The van der Waals surface area contributed by atoms with Gasteiger partial charge in [-0.25, -0.2) is 4.79 Å². The van der Waals surface area contributed by atoms with Crippen molar-refractivity contribution in [2.45, 2.75) is 89.4 Å². The van der Waals surface area contributed by atoms with Gasteiger partial charge in [0.25, 0.3) is 0 Å². The lowest BCUT2D eigenvalue weighted by molar-refractivity contribution is -0.141. The maximum Gasteiger partial charge on any atom is 0.375 e. The van der Waals surface area contributed by atoms with E-state index in [1.54, 1.807) is 13.8 Å². The normalized spacial score (nSPS) is 21.1. The van der Waals surface area contributed by atoms with Crippen molar-refractivity contribution in [1.29, 1.82) is 0 Å². The highest BCUT2D eigenvalue weighted by Gasteiger charge is 2.46. The lowest BCUT2D eigenvalue weighted by Crippen LogP contribution is -2.42. The number of carbonyl (C=O) groups excluding carboxylic acids is 3. The van der Waals surface area contributed by atoms with Crippen LogP contribution in [0.4, 0.5) is 0 Å². The maximum atomic E-state index is 13.5. The Morgan fingerprint density at radius 2 is 1.88 bits per heavy atom. The minimum atomic E-state index is -1.33. The van der Waals surface area contributed by atoms with Crippen LogP contribution in [0.2, 0.25) is 0 Å². The number of hydrogen-bond donors (Lipinski definition) is 5. The molecule has 272 valence electrons. The van der Waals surface area contributed by atoms with Crippen molar-refractivity contribution in [3.8, 4) is 17.2 Å². The number of H-pyrrole nitrogens is 1. The van der Waals surface area contributed by atoms with Crippen molar-refractivity contribution >= 4 is 34.5 Å². The van der Waals surface area contributed by atoms with Gasteiger partial charge in [-0.2, -0.15) is 0 Å². The predicted molar refractivity (Wildman–Crippen MR) is 186 cm³/mol. The first-order valence-electron chi connectivity index (χ1n) is 17.6. The second kappa shape index (κ2) is 15.4. The number of esters is 1.